The van der Waals surface area contributed by atoms with E-state index in [1.54, 1.807) is 11.9 Å². The van der Waals surface area contributed by atoms with Crippen molar-refractivity contribution < 1.29 is 14.2 Å². The molecule has 1 aromatic heterocycles. The Hall–Kier alpha value is -4.24. The van der Waals surface area contributed by atoms with Gasteiger partial charge < -0.3 is 19.1 Å². The van der Waals surface area contributed by atoms with Crippen LogP contribution < -0.4 is 14.2 Å². The number of tetrazole rings is 1. The SMILES string of the molecule is CCOc1cc2c(cc1OCC)[C@H]1CN(C)CC[C@H]1N=C2c1ccc(-c2nnn(Cc3ccc(OC)cc3)n2)cc1. The number of nitrogens with zero attached hydrogens (tertiary/aromatic N) is 6. The fourth-order valence-corrected chi connectivity index (χ4v) is 5.75. The van der Waals surface area contributed by atoms with Gasteiger partial charge in [0.2, 0.25) is 5.82 Å². The van der Waals surface area contributed by atoms with E-state index in [0.717, 1.165) is 64.7 Å². The van der Waals surface area contributed by atoms with Crippen LogP contribution in [-0.2, 0) is 6.54 Å². The van der Waals surface area contributed by atoms with Gasteiger partial charge in [0.25, 0.3) is 0 Å². The van der Waals surface area contributed by atoms with Crippen molar-refractivity contribution in [3.63, 3.8) is 0 Å². The lowest BCUT2D eigenvalue weighted by atomic mass is 9.79. The third-order valence-corrected chi connectivity index (χ3v) is 7.80. The molecule has 6 rings (SSSR count). The van der Waals surface area contributed by atoms with Crippen LogP contribution in [0, 0.1) is 0 Å². The Bertz CT molecular complexity index is 1530. The van der Waals surface area contributed by atoms with Crippen LogP contribution in [0.5, 0.6) is 17.2 Å². The van der Waals surface area contributed by atoms with Gasteiger partial charge in [0, 0.05) is 29.2 Å². The molecule has 0 aliphatic carbocycles. The lowest BCUT2D eigenvalue weighted by Gasteiger charge is -2.39. The van der Waals surface area contributed by atoms with Gasteiger partial charge in [-0.2, -0.15) is 4.80 Å². The molecule has 0 spiro atoms. The molecule has 0 saturated carbocycles. The molecule has 2 aliphatic rings. The van der Waals surface area contributed by atoms with Gasteiger partial charge in [-0.15, -0.1) is 10.2 Å². The molecule has 3 heterocycles. The molecule has 1 saturated heterocycles. The molecule has 212 valence electrons. The lowest BCUT2D eigenvalue weighted by molar-refractivity contribution is 0.226. The normalized spacial score (nSPS) is 18.3. The van der Waals surface area contributed by atoms with E-state index in [0.29, 0.717) is 31.5 Å². The number of likely N-dealkylation sites (tertiary alicyclic amines) is 1. The second-order valence-corrected chi connectivity index (χ2v) is 10.5. The van der Waals surface area contributed by atoms with E-state index in [1.165, 1.54) is 5.56 Å². The highest BCUT2D eigenvalue weighted by molar-refractivity contribution is 6.15. The number of rotatable bonds is 9. The number of likely N-dealkylation sites (N-methyl/N-ethyl adjacent to an activating group) is 1. The summed E-state index contributed by atoms with van der Waals surface area (Å²) >= 11 is 0. The number of aromatic nitrogens is 4. The number of ether oxygens (including phenoxy) is 3. The van der Waals surface area contributed by atoms with Crippen molar-refractivity contribution in [2.45, 2.75) is 38.8 Å². The Balaban J connectivity index is 1.30. The maximum absolute atomic E-state index is 6.01. The number of fused-ring (bicyclic) bond motifs is 3. The topological polar surface area (TPSA) is 86.9 Å². The van der Waals surface area contributed by atoms with E-state index in [9.17, 15) is 0 Å². The Morgan fingerprint density at radius 1 is 0.902 bits per heavy atom. The van der Waals surface area contributed by atoms with Crippen molar-refractivity contribution >= 4 is 5.71 Å². The molecule has 0 amide bonds. The number of hydrogen-bond donors (Lipinski definition) is 0. The van der Waals surface area contributed by atoms with E-state index in [2.05, 4.69) is 51.6 Å². The summed E-state index contributed by atoms with van der Waals surface area (Å²) in [7, 11) is 3.85. The molecule has 0 radical (unpaired) electrons. The fraction of sp³-hybridized carbons (Fsp3) is 0.375. The highest BCUT2D eigenvalue weighted by Crippen LogP contribution is 2.42. The zero-order valence-electron chi connectivity index (χ0n) is 24.1. The van der Waals surface area contributed by atoms with Gasteiger partial charge in [0.15, 0.2) is 11.5 Å². The molecule has 2 aliphatic heterocycles. The number of benzene rings is 3. The molecular formula is C32H36N6O3. The molecule has 4 aromatic rings. The molecule has 1 fully saturated rings. The number of aliphatic imine (C=N–C) groups is 1. The summed E-state index contributed by atoms with van der Waals surface area (Å²) in [6.07, 6.45) is 1.03. The average Bonchev–Trinajstić information content (AvgIpc) is 3.46. The van der Waals surface area contributed by atoms with Crippen LogP contribution >= 0.6 is 0 Å². The average molecular weight is 553 g/mol. The Kier molecular flexibility index (Phi) is 7.69. The van der Waals surface area contributed by atoms with Crippen molar-refractivity contribution in [2.24, 2.45) is 4.99 Å². The highest BCUT2D eigenvalue weighted by atomic mass is 16.5. The zero-order valence-corrected chi connectivity index (χ0v) is 24.1. The summed E-state index contributed by atoms with van der Waals surface area (Å²) in [5.74, 6) is 3.30. The van der Waals surface area contributed by atoms with Gasteiger partial charge in [-0.3, -0.25) is 4.99 Å². The predicted molar refractivity (Wildman–Crippen MR) is 158 cm³/mol. The van der Waals surface area contributed by atoms with Crippen molar-refractivity contribution in [2.75, 3.05) is 40.5 Å². The van der Waals surface area contributed by atoms with E-state index >= 15 is 0 Å². The number of methoxy groups -OCH3 is 1. The lowest BCUT2D eigenvalue weighted by Crippen LogP contribution is -2.41. The Labute approximate surface area is 240 Å². The first-order valence-electron chi connectivity index (χ1n) is 14.3. The van der Waals surface area contributed by atoms with Crippen LogP contribution in [0.15, 0.2) is 65.7 Å². The monoisotopic (exact) mass is 552 g/mol. The van der Waals surface area contributed by atoms with Crippen LogP contribution in [0.2, 0.25) is 0 Å². The fourth-order valence-electron chi connectivity index (χ4n) is 5.75. The second-order valence-electron chi connectivity index (χ2n) is 10.5. The maximum atomic E-state index is 6.01. The van der Waals surface area contributed by atoms with Gasteiger partial charge in [0.05, 0.1) is 38.6 Å². The van der Waals surface area contributed by atoms with Crippen LogP contribution in [-0.4, -0.2) is 77.3 Å². The van der Waals surface area contributed by atoms with Gasteiger partial charge in [0.1, 0.15) is 5.75 Å². The molecular weight excluding hydrogens is 516 g/mol. The molecule has 9 nitrogen and oxygen atoms in total. The first-order chi connectivity index (χ1) is 20.1. The summed E-state index contributed by atoms with van der Waals surface area (Å²) < 4.78 is 17.3. The van der Waals surface area contributed by atoms with E-state index in [-0.39, 0.29) is 6.04 Å². The summed E-state index contributed by atoms with van der Waals surface area (Å²) in [5, 5.41) is 13.2. The summed E-state index contributed by atoms with van der Waals surface area (Å²) in [4.78, 5) is 9.33. The third-order valence-electron chi connectivity index (χ3n) is 7.80. The second kappa shape index (κ2) is 11.7. The molecule has 9 heteroatoms. The van der Waals surface area contributed by atoms with Crippen molar-refractivity contribution in [3.05, 3.63) is 82.9 Å². The van der Waals surface area contributed by atoms with Gasteiger partial charge >= 0.3 is 0 Å². The zero-order chi connectivity index (χ0) is 28.3. The summed E-state index contributed by atoms with van der Waals surface area (Å²) in [6.45, 7) is 7.72. The summed E-state index contributed by atoms with van der Waals surface area (Å²) in [5.41, 5.74) is 6.44. The molecule has 0 N–H and O–H groups in total. The van der Waals surface area contributed by atoms with Crippen LogP contribution in [0.25, 0.3) is 11.4 Å². The van der Waals surface area contributed by atoms with Crippen molar-refractivity contribution in [1.29, 1.82) is 0 Å². The van der Waals surface area contributed by atoms with Crippen molar-refractivity contribution in [1.82, 2.24) is 25.1 Å². The van der Waals surface area contributed by atoms with Crippen molar-refractivity contribution in [3.8, 4) is 28.6 Å². The van der Waals surface area contributed by atoms with E-state index in [4.69, 9.17) is 19.2 Å². The van der Waals surface area contributed by atoms with Gasteiger partial charge in [-0.1, -0.05) is 36.4 Å². The predicted octanol–water partition coefficient (Wildman–Crippen LogP) is 4.83. The minimum absolute atomic E-state index is 0.236. The quantitative estimate of drug-likeness (QED) is 0.294. The number of piperidine rings is 1. The van der Waals surface area contributed by atoms with E-state index < -0.39 is 0 Å². The largest absolute Gasteiger partial charge is 0.497 e. The number of hydrogen-bond acceptors (Lipinski definition) is 8. The Morgan fingerprint density at radius 2 is 1.61 bits per heavy atom. The first-order valence-corrected chi connectivity index (χ1v) is 14.3. The maximum Gasteiger partial charge on any atom is 0.204 e. The first kappa shape index (κ1) is 27.0. The van der Waals surface area contributed by atoms with Crippen LogP contribution in [0.3, 0.4) is 0 Å². The summed E-state index contributed by atoms with van der Waals surface area (Å²) in [6, 6.07) is 20.7. The van der Waals surface area contributed by atoms with Crippen LogP contribution in [0.1, 0.15) is 48.4 Å². The minimum atomic E-state index is 0.236. The van der Waals surface area contributed by atoms with Crippen LogP contribution in [0.4, 0.5) is 0 Å². The smallest absolute Gasteiger partial charge is 0.204 e. The third kappa shape index (κ3) is 5.54. The molecule has 0 unspecified atom stereocenters. The van der Waals surface area contributed by atoms with E-state index in [1.807, 2.05) is 50.2 Å². The molecule has 0 bridgehead atoms. The molecule has 3 aromatic carbocycles. The highest BCUT2D eigenvalue weighted by Gasteiger charge is 2.36. The van der Waals surface area contributed by atoms with Gasteiger partial charge in [-0.05, 0) is 74.5 Å². The minimum Gasteiger partial charge on any atom is -0.497 e. The standard InChI is InChI=1S/C32H36N6O3/c1-5-40-29-17-25-26(18-30(29)41-6-2)31(33-28-15-16-37(3)20-27(25)28)22-9-11-23(12-10-22)32-34-36-38(35-32)19-21-7-13-24(39-4)14-8-21/h7-14,17-18,27-28H,5-6,15-16,19-20H2,1-4H3/t27-,28-/m1/s1. The Morgan fingerprint density at radius 3 is 2.32 bits per heavy atom. The van der Waals surface area contributed by atoms with Gasteiger partial charge in [-0.25, -0.2) is 0 Å². The molecule has 41 heavy (non-hydrogen) atoms. The molecule has 2 atom stereocenters.